The monoisotopic (exact) mass is 236 g/mol. The average Bonchev–Trinajstić information content (AvgIpc) is 2.39. The van der Waals surface area contributed by atoms with Crippen LogP contribution in [0.3, 0.4) is 0 Å². The van der Waals surface area contributed by atoms with Gasteiger partial charge in [-0.3, -0.25) is 9.88 Å². The number of piperidine rings is 1. The summed E-state index contributed by atoms with van der Waals surface area (Å²) >= 11 is 0. The molecule has 0 aliphatic carbocycles. The van der Waals surface area contributed by atoms with E-state index in [1.54, 1.807) is 13.3 Å². The van der Waals surface area contributed by atoms with E-state index in [1.807, 2.05) is 12.1 Å². The van der Waals surface area contributed by atoms with Crippen molar-refractivity contribution >= 4 is 0 Å². The van der Waals surface area contributed by atoms with Gasteiger partial charge in [-0.05, 0) is 25.5 Å². The van der Waals surface area contributed by atoms with Crippen molar-refractivity contribution in [3.8, 4) is 5.75 Å². The number of likely N-dealkylation sites (tertiary alicyclic amines) is 1. The number of pyridine rings is 1. The van der Waals surface area contributed by atoms with Crippen molar-refractivity contribution < 1.29 is 9.84 Å². The third-order valence-corrected chi connectivity index (χ3v) is 3.35. The molecule has 0 radical (unpaired) electrons. The topological polar surface area (TPSA) is 45.6 Å². The van der Waals surface area contributed by atoms with E-state index < -0.39 is 0 Å². The second-order valence-electron chi connectivity index (χ2n) is 4.49. The molecule has 2 heterocycles. The molecule has 0 spiro atoms. The van der Waals surface area contributed by atoms with Crippen molar-refractivity contribution in [2.75, 3.05) is 20.3 Å². The Kier molecular flexibility index (Phi) is 4.34. The highest BCUT2D eigenvalue weighted by molar-refractivity contribution is 5.22. The van der Waals surface area contributed by atoms with Gasteiger partial charge in [0.25, 0.3) is 0 Å². The molecule has 0 unspecified atom stereocenters. The SMILES string of the molecule is COc1ccnc(CN2CCCC[C@@H]2CO)c1. The van der Waals surface area contributed by atoms with Gasteiger partial charge in [0.05, 0.1) is 19.4 Å². The highest BCUT2D eigenvalue weighted by Crippen LogP contribution is 2.20. The molecule has 0 aromatic carbocycles. The number of aliphatic hydroxyl groups excluding tert-OH is 1. The number of nitrogens with zero attached hydrogens (tertiary/aromatic N) is 2. The summed E-state index contributed by atoms with van der Waals surface area (Å²) in [7, 11) is 1.66. The molecule has 94 valence electrons. The van der Waals surface area contributed by atoms with Gasteiger partial charge in [0.1, 0.15) is 5.75 Å². The summed E-state index contributed by atoms with van der Waals surface area (Å²) in [5.41, 5.74) is 1.00. The number of methoxy groups -OCH3 is 1. The van der Waals surface area contributed by atoms with Crippen LogP contribution >= 0.6 is 0 Å². The molecule has 1 N–H and O–H groups in total. The Hall–Kier alpha value is -1.13. The Bertz CT molecular complexity index is 357. The summed E-state index contributed by atoms with van der Waals surface area (Å²) in [5.74, 6) is 0.840. The quantitative estimate of drug-likeness (QED) is 0.859. The molecule has 0 bridgehead atoms. The van der Waals surface area contributed by atoms with Crippen LogP contribution in [0.25, 0.3) is 0 Å². The summed E-state index contributed by atoms with van der Waals surface area (Å²) < 4.78 is 5.19. The molecule has 1 aromatic rings. The molecule has 1 fully saturated rings. The predicted octanol–water partition coefficient (Wildman–Crippen LogP) is 1.44. The maximum Gasteiger partial charge on any atom is 0.122 e. The summed E-state index contributed by atoms with van der Waals surface area (Å²) in [6.45, 7) is 2.08. The molecule has 1 saturated heterocycles. The zero-order valence-corrected chi connectivity index (χ0v) is 10.3. The van der Waals surface area contributed by atoms with Gasteiger partial charge in [-0.25, -0.2) is 0 Å². The summed E-state index contributed by atoms with van der Waals surface area (Å²) in [5, 5.41) is 9.35. The van der Waals surface area contributed by atoms with Crippen molar-refractivity contribution in [1.82, 2.24) is 9.88 Å². The first-order valence-corrected chi connectivity index (χ1v) is 6.17. The molecule has 2 rings (SSSR count). The number of aromatic nitrogens is 1. The smallest absolute Gasteiger partial charge is 0.122 e. The van der Waals surface area contributed by atoms with E-state index in [4.69, 9.17) is 4.74 Å². The first-order valence-electron chi connectivity index (χ1n) is 6.17. The van der Waals surface area contributed by atoms with Crippen LogP contribution in [0.15, 0.2) is 18.3 Å². The van der Waals surface area contributed by atoms with E-state index in [2.05, 4.69) is 9.88 Å². The highest BCUT2D eigenvalue weighted by Gasteiger charge is 2.21. The normalized spacial score (nSPS) is 21.4. The fraction of sp³-hybridized carbons (Fsp3) is 0.615. The van der Waals surface area contributed by atoms with Gasteiger partial charge in [0, 0.05) is 24.8 Å². The minimum Gasteiger partial charge on any atom is -0.497 e. The lowest BCUT2D eigenvalue weighted by Crippen LogP contribution is -2.41. The minimum absolute atomic E-state index is 0.240. The van der Waals surface area contributed by atoms with E-state index in [0.717, 1.165) is 31.0 Å². The molecule has 4 heteroatoms. The van der Waals surface area contributed by atoms with Gasteiger partial charge < -0.3 is 9.84 Å². The maximum atomic E-state index is 9.35. The second-order valence-corrected chi connectivity index (χ2v) is 4.49. The average molecular weight is 236 g/mol. The standard InChI is InChI=1S/C13H20N2O2/c1-17-13-5-6-14-11(8-13)9-15-7-3-2-4-12(15)10-16/h5-6,8,12,16H,2-4,7,9-10H2,1H3/t12-/m1/s1. The summed E-state index contributed by atoms with van der Waals surface area (Å²) in [6, 6.07) is 4.10. The number of rotatable bonds is 4. The Morgan fingerprint density at radius 1 is 1.53 bits per heavy atom. The summed E-state index contributed by atoms with van der Waals surface area (Å²) in [4.78, 5) is 6.66. The fourth-order valence-electron chi connectivity index (χ4n) is 2.35. The van der Waals surface area contributed by atoms with E-state index in [-0.39, 0.29) is 12.6 Å². The van der Waals surface area contributed by atoms with Crippen molar-refractivity contribution in [3.63, 3.8) is 0 Å². The van der Waals surface area contributed by atoms with Gasteiger partial charge in [0.2, 0.25) is 0 Å². The predicted molar refractivity (Wildman–Crippen MR) is 65.9 cm³/mol. The number of ether oxygens (including phenoxy) is 1. The van der Waals surface area contributed by atoms with E-state index >= 15 is 0 Å². The minimum atomic E-state index is 0.240. The second kappa shape index (κ2) is 5.98. The Balaban J connectivity index is 2.02. The summed E-state index contributed by atoms with van der Waals surface area (Å²) in [6.07, 6.45) is 5.28. The van der Waals surface area contributed by atoms with Crippen molar-refractivity contribution in [1.29, 1.82) is 0 Å². The van der Waals surface area contributed by atoms with Crippen LogP contribution < -0.4 is 4.74 Å². The van der Waals surface area contributed by atoms with Crippen LogP contribution in [0.1, 0.15) is 25.0 Å². The van der Waals surface area contributed by atoms with Crippen molar-refractivity contribution in [3.05, 3.63) is 24.0 Å². The zero-order chi connectivity index (χ0) is 12.1. The molecule has 1 aliphatic rings. The van der Waals surface area contributed by atoms with Crippen LogP contribution in [0.4, 0.5) is 0 Å². The molecule has 1 aliphatic heterocycles. The van der Waals surface area contributed by atoms with E-state index in [9.17, 15) is 5.11 Å². The molecule has 1 aromatic heterocycles. The third kappa shape index (κ3) is 3.17. The van der Waals surface area contributed by atoms with Gasteiger partial charge in [-0.1, -0.05) is 6.42 Å². The molecular weight excluding hydrogens is 216 g/mol. The largest absolute Gasteiger partial charge is 0.497 e. The maximum absolute atomic E-state index is 9.35. The van der Waals surface area contributed by atoms with Crippen molar-refractivity contribution in [2.24, 2.45) is 0 Å². The van der Waals surface area contributed by atoms with Crippen LogP contribution in [0.5, 0.6) is 5.75 Å². The molecule has 4 nitrogen and oxygen atoms in total. The lowest BCUT2D eigenvalue weighted by Gasteiger charge is -2.34. The molecule has 0 saturated carbocycles. The molecule has 17 heavy (non-hydrogen) atoms. The molecular formula is C13H20N2O2. The van der Waals surface area contributed by atoms with Gasteiger partial charge in [-0.15, -0.1) is 0 Å². The van der Waals surface area contributed by atoms with Crippen LogP contribution in [-0.4, -0.2) is 41.3 Å². The Labute approximate surface area is 102 Å². The van der Waals surface area contributed by atoms with Crippen LogP contribution in [0.2, 0.25) is 0 Å². The lowest BCUT2D eigenvalue weighted by atomic mass is 10.0. The molecule has 0 amide bonds. The van der Waals surface area contributed by atoms with E-state index in [0.29, 0.717) is 0 Å². The number of aliphatic hydroxyl groups is 1. The fourth-order valence-corrected chi connectivity index (χ4v) is 2.35. The first kappa shape index (κ1) is 12.3. The van der Waals surface area contributed by atoms with Crippen LogP contribution in [-0.2, 0) is 6.54 Å². The highest BCUT2D eigenvalue weighted by atomic mass is 16.5. The number of hydrogen-bond donors (Lipinski definition) is 1. The van der Waals surface area contributed by atoms with Gasteiger partial charge in [-0.2, -0.15) is 0 Å². The van der Waals surface area contributed by atoms with Crippen molar-refractivity contribution in [2.45, 2.75) is 31.8 Å². The Morgan fingerprint density at radius 3 is 3.18 bits per heavy atom. The van der Waals surface area contributed by atoms with E-state index in [1.165, 1.54) is 12.8 Å². The third-order valence-electron chi connectivity index (χ3n) is 3.35. The lowest BCUT2D eigenvalue weighted by molar-refractivity contribution is 0.0830. The first-order chi connectivity index (χ1) is 8.33. The van der Waals surface area contributed by atoms with Crippen LogP contribution in [0, 0.1) is 0 Å². The number of hydrogen-bond acceptors (Lipinski definition) is 4. The zero-order valence-electron chi connectivity index (χ0n) is 10.3. The van der Waals surface area contributed by atoms with Gasteiger partial charge >= 0.3 is 0 Å². The Morgan fingerprint density at radius 2 is 2.41 bits per heavy atom. The molecule has 1 atom stereocenters. The van der Waals surface area contributed by atoms with Gasteiger partial charge in [0.15, 0.2) is 0 Å².